The van der Waals surface area contributed by atoms with Crippen LogP contribution in [0, 0.1) is 6.92 Å². The monoisotopic (exact) mass is 437 g/mol. The molecule has 0 radical (unpaired) electrons. The molecule has 0 aliphatic rings. The summed E-state index contributed by atoms with van der Waals surface area (Å²) in [6, 6.07) is 0. The molecular weight excluding hydrogens is 417 g/mol. The zero-order valence-electron chi connectivity index (χ0n) is 13.0. The summed E-state index contributed by atoms with van der Waals surface area (Å²) in [6.07, 6.45) is 0. The van der Waals surface area contributed by atoms with Gasteiger partial charge in [0.1, 0.15) is 10.0 Å². The number of aliphatic imine (C=N–C) groups is 1. The number of guanidine groups is 1. The van der Waals surface area contributed by atoms with Crippen molar-refractivity contribution in [3.05, 3.63) is 21.7 Å². The zero-order valence-corrected chi connectivity index (χ0v) is 16.1. The largest absolute Gasteiger partial charge is 0.350 e. The average molecular weight is 437 g/mol. The lowest BCUT2D eigenvalue weighted by Gasteiger charge is -2.08. The Hall–Kier alpha value is -1.30. The molecule has 0 fully saturated rings. The van der Waals surface area contributed by atoms with Gasteiger partial charge in [-0.3, -0.25) is 4.99 Å². The first kappa shape index (κ1) is 18.7. The molecule has 2 heterocycles. The maximum Gasteiger partial charge on any atom is 0.223 e. The fourth-order valence-corrected chi connectivity index (χ4v) is 2.31. The van der Waals surface area contributed by atoms with E-state index in [0.717, 1.165) is 10.0 Å². The third kappa shape index (κ3) is 5.48. The smallest absolute Gasteiger partial charge is 0.223 e. The lowest BCUT2D eigenvalue weighted by atomic mass is 10.2. The van der Waals surface area contributed by atoms with Gasteiger partial charge in [-0.2, -0.15) is 4.98 Å². The van der Waals surface area contributed by atoms with Gasteiger partial charge in [0.15, 0.2) is 11.8 Å². The topological polar surface area (TPSA) is 101 Å². The lowest BCUT2D eigenvalue weighted by molar-refractivity contribution is 0.387. The highest BCUT2D eigenvalue weighted by Crippen LogP contribution is 2.18. The molecule has 2 aromatic rings. The molecule has 0 aromatic carbocycles. The molecule has 0 aliphatic heterocycles. The summed E-state index contributed by atoms with van der Waals surface area (Å²) in [4.78, 5) is 8.25. The van der Waals surface area contributed by atoms with Crippen molar-refractivity contribution in [1.29, 1.82) is 0 Å². The molecule has 0 spiro atoms. The number of aromatic nitrogens is 4. The first-order valence-corrected chi connectivity index (χ1v) is 7.46. The van der Waals surface area contributed by atoms with Crippen molar-refractivity contribution in [3.8, 4) is 0 Å². The average Bonchev–Trinajstić information content (AvgIpc) is 3.08. The van der Waals surface area contributed by atoms with Crippen LogP contribution >= 0.6 is 35.3 Å². The van der Waals surface area contributed by atoms with E-state index in [0.29, 0.717) is 36.7 Å². The van der Waals surface area contributed by atoms with E-state index in [2.05, 4.69) is 49.8 Å². The Morgan fingerprint density at radius 1 is 1.27 bits per heavy atom. The molecule has 0 unspecified atom stereocenters. The molecule has 0 saturated heterocycles. The molecule has 22 heavy (non-hydrogen) atoms. The number of halogens is 1. The lowest BCUT2D eigenvalue weighted by Crippen LogP contribution is -2.36. The molecule has 0 saturated carbocycles. The normalized spacial score (nSPS) is 11.4. The summed E-state index contributed by atoms with van der Waals surface area (Å²) in [5.74, 6) is 2.19. The van der Waals surface area contributed by atoms with E-state index >= 15 is 0 Å². The molecule has 0 bridgehead atoms. The Morgan fingerprint density at radius 3 is 2.55 bits per heavy atom. The van der Waals surface area contributed by atoms with Gasteiger partial charge in [0.2, 0.25) is 5.89 Å². The summed E-state index contributed by atoms with van der Waals surface area (Å²) in [5, 5.41) is 20.4. The van der Waals surface area contributed by atoms with Gasteiger partial charge >= 0.3 is 0 Å². The van der Waals surface area contributed by atoms with E-state index in [1.54, 1.807) is 25.3 Å². The quantitative estimate of drug-likeness (QED) is 0.418. The molecule has 2 N–H and O–H groups in total. The molecule has 2 rings (SSSR count). The summed E-state index contributed by atoms with van der Waals surface area (Å²) >= 11 is 1.60. The number of hydrogen-bond acceptors (Lipinski definition) is 7. The van der Waals surface area contributed by atoms with Gasteiger partial charge in [0, 0.05) is 19.9 Å². The number of hydrogen-bond donors (Lipinski definition) is 2. The van der Waals surface area contributed by atoms with Gasteiger partial charge < -0.3 is 15.2 Å². The maximum absolute atomic E-state index is 4.91. The first-order chi connectivity index (χ1) is 10.1. The highest BCUT2D eigenvalue weighted by molar-refractivity contribution is 14.0. The van der Waals surface area contributed by atoms with Gasteiger partial charge in [-0.25, -0.2) is 0 Å². The zero-order chi connectivity index (χ0) is 15.2. The standard InChI is InChI=1S/C12H19N7OS.HI/c1-7(2)11-18-17-10(21-11)6-15-12(13-4)14-5-9-16-8(3)20-19-9;/h7H,5-6H2,1-4H3,(H2,13,14,15);1H. The van der Waals surface area contributed by atoms with Crippen molar-refractivity contribution in [2.24, 2.45) is 4.99 Å². The Bertz CT molecular complexity index is 610. The van der Waals surface area contributed by atoms with E-state index in [1.807, 2.05) is 0 Å². The summed E-state index contributed by atoms with van der Waals surface area (Å²) in [6.45, 7) is 6.99. The number of nitrogens with zero attached hydrogens (tertiary/aromatic N) is 5. The van der Waals surface area contributed by atoms with Crippen LogP contribution in [-0.2, 0) is 13.1 Å². The Kier molecular flexibility index (Phi) is 7.65. The first-order valence-electron chi connectivity index (χ1n) is 6.64. The summed E-state index contributed by atoms with van der Waals surface area (Å²) in [5.41, 5.74) is 0. The summed E-state index contributed by atoms with van der Waals surface area (Å²) in [7, 11) is 1.70. The maximum atomic E-state index is 4.91. The Labute approximate surface area is 150 Å². The second-order valence-electron chi connectivity index (χ2n) is 4.70. The predicted octanol–water partition coefficient (Wildman–Crippen LogP) is 1.84. The predicted molar refractivity (Wildman–Crippen MR) is 95.5 cm³/mol. The highest BCUT2D eigenvalue weighted by Gasteiger charge is 2.08. The molecule has 0 amide bonds. The van der Waals surface area contributed by atoms with Gasteiger partial charge in [0.25, 0.3) is 0 Å². The molecule has 0 atom stereocenters. The third-order valence-corrected chi connectivity index (χ3v) is 3.81. The van der Waals surface area contributed by atoms with E-state index in [-0.39, 0.29) is 24.0 Å². The van der Waals surface area contributed by atoms with Crippen molar-refractivity contribution in [2.45, 2.75) is 39.8 Å². The Morgan fingerprint density at radius 2 is 2.00 bits per heavy atom. The summed E-state index contributed by atoms with van der Waals surface area (Å²) < 4.78 is 4.91. The molecular formula is C12H20IN7OS. The number of nitrogens with one attached hydrogen (secondary N) is 2. The van der Waals surface area contributed by atoms with Crippen LogP contribution in [0.25, 0.3) is 0 Å². The van der Waals surface area contributed by atoms with Crippen molar-refractivity contribution < 1.29 is 4.52 Å². The van der Waals surface area contributed by atoms with Crippen LogP contribution in [0.3, 0.4) is 0 Å². The number of aryl methyl sites for hydroxylation is 1. The van der Waals surface area contributed by atoms with Crippen LogP contribution in [0.15, 0.2) is 9.52 Å². The minimum absolute atomic E-state index is 0. The second kappa shape index (κ2) is 8.98. The fraction of sp³-hybridized carbons (Fsp3) is 0.583. The van der Waals surface area contributed by atoms with Crippen molar-refractivity contribution in [2.75, 3.05) is 7.05 Å². The Balaban J connectivity index is 0.00000242. The van der Waals surface area contributed by atoms with Crippen molar-refractivity contribution >= 4 is 41.3 Å². The fourth-order valence-electron chi connectivity index (χ4n) is 1.53. The minimum Gasteiger partial charge on any atom is -0.350 e. The van der Waals surface area contributed by atoms with Gasteiger partial charge in [-0.15, -0.1) is 34.2 Å². The van der Waals surface area contributed by atoms with Crippen LogP contribution < -0.4 is 10.6 Å². The van der Waals surface area contributed by atoms with Crippen molar-refractivity contribution in [3.63, 3.8) is 0 Å². The SMILES string of the molecule is CN=C(NCc1noc(C)n1)NCc1nnc(C(C)C)s1.I. The second-order valence-corrected chi connectivity index (χ2v) is 5.79. The minimum atomic E-state index is 0. The van der Waals surface area contributed by atoms with Crippen LogP contribution in [0.4, 0.5) is 0 Å². The molecule has 2 aromatic heterocycles. The van der Waals surface area contributed by atoms with Gasteiger partial charge in [-0.05, 0) is 0 Å². The van der Waals surface area contributed by atoms with Crippen LogP contribution in [0.1, 0.15) is 41.5 Å². The van der Waals surface area contributed by atoms with Gasteiger partial charge in [0.05, 0.1) is 13.1 Å². The molecule has 10 heteroatoms. The van der Waals surface area contributed by atoms with E-state index in [9.17, 15) is 0 Å². The van der Waals surface area contributed by atoms with Crippen LogP contribution in [0.2, 0.25) is 0 Å². The molecule has 0 aliphatic carbocycles. The van der Waals surface area contributed by atoms with Crippen LogP contribution in [-0.4, -0.2) is 33.3 Å². The van der Waals surface area contributed by atoms with E-state index in [4.69, 9.17) is 4.52 Å². The van der Waals surface area contributed by atoms with Crippen molar-refractivity contribution in [1.82, 2.24) is 31.0 Å². The van der Waals surface area contributed by atoms with Crippen LogP contribution in [0.5, 0.6) is 0 Å². The van der Waals surface area contributed by atoms with E-state index < -0.39 is 0 Å². The van der Waals surface area contributed by atoms with Gasteiger partial charge in [-0.1, -0.05) is 30.3 Å². The third-order valence-electron chi connectivity index (χ3n) is 2.59. The van der Waals surface area contributed by atoms with E-state index in [1.165, 1.54) is 0 Å². The molecule has 122 valence electrons. The molecule has 8 nitrogen and oxygen atoms in total. The number of rotatable bonds is 5. The highest BCUT2D eigenvalue weighted by atomic mass is 127.